The fourth-order valence-corrected chi connectivity index (χ4v) is 3.30. The van der Waals surface area contributed by atoms with Crippen molar-refractivity contribution in [3.05, 3.63) is 95.5 Å². The SMILES string of the molecule is Cn1nc(-c2ccccc2)c(OCc2ccccc2Cl)c1-c1ccccc1. The molecule has 0 aliphatic carbocycles. The molecule has 27 heavy (non-hydrogen) atoms. The average Bonchev–Trinajstić information content (AvgIpc) is 3.05. The van der Waals surface area contributed by atoms with Gasteiger partial charge in [0, 0.05) is 28.8 Å². The maximum absolute atomic E-state index is 6.31. The van der Waals surface area contributed by atoms with Crippen LogP contribution in [0.3, 0.4) is 0 Å². The Hall–Kier alpha value is -3.04. The average molecular weight is 375 g/mol. The summed E-state index contributed by atoms with van der Waals surface area (Å²) < 4.78 is 8.17. The molecule has 0 atom stereocenters. The first-order valence-electron chi connectivity index (χ1n) is 8.78. The molecule has 0 bridgehead atoms. The highest BCUT2D eigenvalue weighted by atomic mass is 35.5. The molecule has 1 aromatic heterocycles. The lowest BCUT2D eigenvalue weighted by atomic mass is 10.1. The van der Waals surface area contributed by atoms with Gasteiger partial charge in [-0.2, -0.15) is 5.10 Å². The van der Waals surface area contributed by atoms with E-state index in [-0.39, 0.29) is 0 Å². The van der Waals surface area contributed by atoms with Gasteiger partial charge in [-0.25, -0.2) is 0 Å². The van der Waals surface area contributed by atoms with Crippen LogP contribution in [-0.2, 0) is 13.7 Å². The summed E-state index contributed by atoms with van der Waals surface area (Å²) in [5.74, 6) is 0.759. The molecule has 0 amide bonds. The molecule has 0 spiro atoms. The van der Waals surface area contributed by atoms with Crippen molar-refractivity contribution in [1.29, 1.82) is 0 Å². The van der Waals surface area contributed by atoms with Crippen LogP contribution in [0.1, 0.15) is 5.56 Å². The lowest BCUT2D eigenvalue weighted by Gasteiger charge is -2.11. The van der Waals surface area contributed by atoms with E-state index in [1.807, 2.05) is 84.5 Å². The summed E-state index contributed by atoms with van der Waals surface area (Å²) in [6, 6.07) is 28.0. The summed E-state index contributed by atoms with van der Waals surface area (Å²) in [5.41, 5.74) is 4.79. The molecule has 0 unspecified atom stereocenters. The zero-order chi connectivity index (χ0) is 18.6. The first-order chi connectivity index (χ1) is 13.2. The zero-order valence-corrected chi connectivity index (χ0v) is 15.7. The number of halogens is 1. The van der Waals surface area contributed by atoms with Crippen LogP contribution in [0.5, 0.6) is 5.75 Å². The standard InChI is InChI=1S/C23H19ClN2O/c1-26-22(18-12-6-3-7-13-18)23(21(25-26)17-10-4-2-5-11-17)27-16-19-14-8-9-15-20(19)24/h2-15H,16H2,1H3. The van der Waals surface area contributed by atoms with Gasteiger partial charge < -0.3 is 4.74 Å². The predicted octanol–water partition coefficient (Wildman–Crippen LogP) is 5.99. The van der Waals surface area contributed by atoms with Gasteiger partial charge in [-0.15, -0.1) is 0 Å². The molecule has 0 radical (unpaired) electrons. The van der Waals surface area contributed by atoms with Gasteiger partial charge in [0.2, 0.25) is 0 Å². The maximum Gasteiger partial charge on any atom is 0.173 e. The second-order valence-corrected chi connectivity index (χ2v) is 6.67. The summed E-state index contributed by atoms with van der Waals surface area (Å²) in [6.45, 7) is 0.380. The minimum absolute atomic E-state index is 0.380. The first-order valence-corrected chi connectivity index (χ1v) is 9.16. The van der Waals surface area contributed by atoms with E-state index in [0.717, 1.165) is 33.8 Å². The van der Waals surface area contributed by atoms with Crippen molar-refractivity contribution in [3.63, 3.8) is 0 Å². The van der Waals surface area contributed by atoms with Gasteiger partial charge in [-0.05, 0) is 6.07 Å². The largest absolute Gasteiger partial charge is 0.484 e. The Morgan fingerprint density at radius 2 is 1.41 bits per heavy atom. The smallest absolute Gasteiger partial charge is 0.173 e. The number of aromatic nitrogens is 2. The van der Waals surface area contributed by atoms with Crippen LogP contribution in [-0.4, -0.2) is 9.78 Å². The van der Waals surface area contributed by atoms with E-state index in [4.69, 9.17) is 21.4 Å². The molecule has 134 valence electrons. The van der Waals surface area contributed by atoms with Gasteiger partial charge in [-0.3, -0.25) is 4.68 Å². The van der Waals surface area contributed by atoms with Crippen molar-refractivity contribution in [2.75, 3.05) is 0 Å². The van der Waals surface area contributed by atoms with Crippen molar-refractivity contribution in [1.82, 2.24) is 9.78 Å². The van der Waals surface area contributed by atoms with Crippen molar-refractivity contribution in [3.8, 4) is 28.3 Å². The summed E-state index contributed by atoms with van der Waals surface area (Å²) in [4.78, 5) is 0. The Morgan fingerprint density at radius 3 is 2.07 bits per heavy atom. The zero-order valence-electron chi connectivity index (χ0n) is 15.0. The topological polar surface area (TPSA) is 27.1 Å². The van der Waals surface area contributed by atoms with Crippen LogP contribution in [0, 0.1) is 0 Å². The molecule has 1 heterocycles. The molecule has 3 nitrogen and oxygen atoms in total. The van der Waals surface area contributed by atoms with Gasteiger partial charge in [0.15, 0.2) is 5.75 Å². The highest BCUT2D eigenvalue weighted by molar-refractivity contribution is 6.31. The molecule has 0 N–H and O–H groups in total. The highest BCUT2D eigenvalue weighted by Gasteiger charge is 2.20. The number of nitrogens with zero attached hydrogens (tertiary/aromatic N) is 2. The van der Waals surface area contributed by atoms with E-state index in [2.05, 4.69) is 12.1 Å². The molecular weight excluding hydrogens is 356 g/mol. The minimum atomic E-state index is 0.380. The molecule has 4 aromatic rings. The summed E-state index contributed by atoms with van der Waals surface area (Å²) in [6.07, 6.45) is 0. The van der Waals surface area contributed by atoms with Crippen LogP contribution >= 0.6 is 11.6 Å². The fraction of sp³-hybridized carbons (Fsp3) is 0.0870. The summed E-state index contributed by atoms with van der Waals surface area (Å²) in [5, 5.41) is 5.45. The molecular formula is C23H19ClN2O. The Bertz CT molecular complexity index is 1040. The van der Waals surface area contributed by atoms with Crippen LogP contribution in [0.4, 0.5) is 0 Å². The quantitative estimate of drug-likeness (QED) is 0.429. The summed E-state index contributed by atoms with van der Waals surface area (Å²) in [7, 11) is 1.94. The van der Waals surface area contributed by atoms with E-state index in [9.17, 15) is 0 Å². The molecule has 0 fully saturated rings. The molecule has 0 aliphatic rings. The number of rotatable bonds is 5. The molecule has 4 rings (SSSR count). The van der Waals surface area contributed by atoms with Crippen LogP contribution in [0.2, 0.25) is 5.02 Å². The second-order valence-electron chi connectivity index (χ2n) is 6.26. The number of hydrogen-bond acceptors (Lipinski definition) is 2. The number of benzene rings is 3. The Morgan fingerprint density at radius 1 is 0.815 bits per heavy atom. The molecule has 4 heteroatoms. The lowest BCUT2D eigenvalue weighted by Crippen LogP contribution is -1.99. The lowest BCUT2D eigenvalue weighted by molar-refractivity contribution is 0.308. The van der Waals surface area contributed by atoms with Crippen molar-refractivity contribution in [2.45, 2.75) is 6.61 Å². The van der Waals surface area contributed by atoms with E-state index in [1.165, 1.54) is 0 Å². The second kappa shape index (κ2) is 7.68. The number of hydrogen-bond donors (Lipinski definition) is 0. The molecule has 0 aliphatic heterocycles. The van der Waals surface area contributed by atoms with Crippen LogP contribution < -0.4 is 4.74 Å². The van der Waals surface area contributed by atoms with E-state index in [1.54, 1.807) is 0 Å². The third-order valence-electron chi connectivity index (χ3n) is 4.43. The third kappa shape index (κ3) is 3.60. The first kappa shape index (κ1) is 17.4. The van der Waals surface area contributed by atoms with Crippen molar-refractivity contribution >= 4 is 11.6 Å². The van der Waals surface area contributed by atoms with E-state index >= 15 is 0 Å². The Kier molecular flexibility index (Phi) is 4.95. The van der Waals surface area contributed by atoms with Crippen molar-refractivity contribution in [2.24, 2.45) is 7.05 Å². The third-order valence-corrected chi connectivity index (χ3v) is 4.80. The minimum Gasteiger partial charge on any atom is -0.484 e. The van der Waals surface area contributed by atoms with Crippen LogP contribution in [0.25, 0.3) is 22.5 Å². The van der Waals surface area contributed by atoms with Crippen molar-refractivity contribution < 1.29 is 4.74 Å². The van der Waals surface area contributed by atoms with Gasteiger partial charge in [0.05, 0.1) is 0 Å². The van der Waals surface area contributed by atoms with Gasteiger partial charge in [-0.1, -0.05) is 90.5 Å². The van der Waals surface area contributed by atoms with Gasteiger partial charge >= 0.3 is 0 Å². The molecule has 3 aromatic carbocycles. The Labute approximate surface area is 163 Å². The highest BCUT2D eigenvalue weighted by Crippen LogP contribution is 2.39. The van der Waals surface area contributed by atoms with Crippen LogP contribution in [0.15, 0.2) is 84.9 Å². The monoisotopic (exact) mass is 374 g/mol. The van der Waals surface area contributed by atoms with Gasteiger partial charge in [0.1, 0.15) is 18.0 Å². The summed E-state index contributed by atoms with van der Waals surface area (Å²) >= 11 is 6.31. The Balaban J connectivity index is 1.80. The number of ether oxygens (including phenoxy) is 1. The normalized spacial score (nSPS) is 10.7. The van der Waals surface area contributed by atoms with Gasteiger partial charge in [0.25, 0.3) is 0 Å². The predicted molar refractivity (Wildman–Crippen MR) is 110 cm³/mol. The molecule has 0 saturated carbocycles. The van der Waals surface area contributed by atoms with E-state index < -0.39 is 0 Å². The maximum atomic E-state index is 6.31. The fourth-order valence-electron chi connectivity index (χ4n) is 3.11. The molecule has 0 saturated heterocycles. The number of aryl methyl sites for hydroxylation is 1. The van der Waals surface area contributed by atoms with E-state index in [0.29, 0.717) is 11.6 Å².